The van der Waals surface area contributed by atoms with Crippen molar-refractivity contribution < 1.29 is 8.78 Å². The summed E-state index contributed by atoms with van der Waals surface area (Å²) < 4.78 is 28.0. The molecule has 0 bridgehead atoms. The summed E-state index contributed by atoms with van der Waals surface area (Å²) in [6.45, 7) is 2.17. The van der Waals surface area contributed by atoms with E-state index in [1.54, 1.807) is 0 Å². The zero-order valence-electron chi connectivity index (χ0n) is 10.5. The molecule has 0 aliphatic rings. The molecule has 0 unspecified atom stereocenters. The lowest BCUT2D eigenvalue weighted by Crippen LogP contribution is -2.06. The van der Waals surface area contributed by atoms with Crippen LogP contribution in [0.1, 0.15) is 18.1 Å². The number of halogens is 3. The van der Waals surface area contributed by atoms with E-state index in [-0.39, 0.29) is 12.1 Å². The molecule has 0 saturated carbocycles. The zero-order chi connectivity index (χ0) is 13.8. The topological polar surface area (TPSA) is 12.0 Å². The second kappa shape index (κ2) is 6.15. The van der Waals surface area contributed by atoms with E-state index in [1.165, 1.54) is 18.2 Å². The lowest BCUT2D eigenvalue weighted by Gasteiger charge is -2.12. The van der Waals surface area contributed by atoms with Crippen LogP contribution in [-0.2, 0) is 13.0 Å². The van der Waals surface area contributed by atoms with Crippen molar-refractivity contribution in [3.8, 4) is 0 Å². The van der Waals surface area contributed by atoms with Crippen LogP contribution >= 0.6 is 15.9 Å². The van der Waals surface area contributed by atoms with Gasteiger partial charge in [-0.2, -0.15) is 0 Å². The van der Waals surface area contributed by atoms with Gasteiger partial charge in [0.1, 0.15) is 11.6 Å². The Morgan fingerprint density at radius 3 is 2.42 bits per heavy atom. The molecule has 1 N–H and O–H groups in total. The van der Waals surface area contributed by atoms with E-state index in [1.807, 2.05) is 25.1 Å². The van der Waals surface area contributed by atoms with E-state index >= 15 is 0 Å². The minimum absolute atomic E-state index is 0.0625. The van der Waals surface area contributed by atoms with Crippen molar-refractivity contribution >= 4 is 21.6 Å². The molecule has 2 aromatic carbocycles. The summed E-state index contributed by atoms with van der Waals surface area (Å²) in [6, 6.07) is 9.71. The Hall–Kier alpha value is -1.42. The molecular weight excluding hydrogens is 312 g/mol. The van der Waals surface area contributed by atoms with Crippen LogP contribution in [0.25, 0.3) is 0 Å². The number of benzene rings is 2. The lowest BCUT2D eigenvalue weighted by atomic mass is 10.1. The van der Waals surface area contributed by atoms with Gasteiger partial charge < -0.3 is 5.32 Å². The van der Waals surface area contributed by atoms with Crippen molar-refractivity contribution in [3.05, 3.63) is 63.6 Å². The number of hydrogen-bond donors (Lipinski definition) is 1. The first-order chi connectivity index (χ1) is 9.11. The van der Waals surface area contributed by atoms with Gasteiger partial charge in [0.15, 0.2) is 0 Å². The molecule has 100 valence electrons. The summed E-state index contributed by atoms with van der Waals surface area (Å²) in [6.07, 6.45) is 0.849. The fraction of sp³-hybridized carbons (Fsp3) is 0.200. The molecule has 0 atom stereocenters. The third kappa shape index (κ3) is 3.32. The largest absolute Gasteiger partial charge is 0.381 e. The van der Waals surface area contributed by atoms with Crippen molar-refractivity contribution in [3.63, 3.8) is 0 Å². The summed E-state index contributed by atoms with van der Waals surface area (Å²) in [5.41, 5.74) is 2.06. The highest BCUT2D eigenvalue weighted by molar-refractivity contribution is 9.10. The van der Waals surface area contributed by atoms with Gasteiger partial charge in [0.25, 0.3) is 0 Å². The van der Waals surface area contributed by atoms with Gasteiger partial charge in [0, 0.05) is 22.3 Å². The van der Waals surface area contributed by atoms with E-state index in [0.717, 1.165) is 22.1 Å². The molecule has 2 aromatic rings. The number of hydrogen-bond acceptors (Lipinski definition) is 1. The normalized spacial score (nSPS) is 10.5. The number of aryl methyl sites for hydroxylation is 1. The van der Waals surface area contributed by atoms with Crippen LogP contribution in [0.3, 0.4) is 0 Å². The number of anilines is 1. The van der Waals surface area contributed by atoms with Crippen molar-refractivity contribution in [2.45, 2.75) is 19.9 Å². The van der Waals surface area contributed by atoms with E-state index in [4.69, 9.17) is 0 Å². The first kappa shape index (κ1) is 14.0. The monoisotopic (exact) mass is 325 g/mol. The van der Waals surface area contributed by atoms with Gasteiger partial charge in [-0.25, -0.2) is 8.78 Å². The second-order valence-electron chi connectivity index (χ2n) is 4.21. The maximum Gasteiger partial charge on any atom is 0.131 e. The van der Waals surface area contributed by atoms with Gasteiger partial charge in [-0.1, -0.05) is 28.9 Å². The molecule has 0 saturated heterocycles. The standard InChI is InChI=1S/C15H14BrF2N/c1-2-10-8-11(16)6-7-15(10)19-9-12-13(17)4-3-5-14(12)18/h3-8,19H,2,9H2,1H3. The highest BCUT2D eigenvalue weighted by atomic mass is 79.9. The molecule has 0 aliphatic heterocycles. The fourth-order valence-corrected chi connectivity index (χ4v) is 2.32. The summed E-state index contributed by atoms with van der Waals surface area (Å²) in [5, 5.41) is 3.09. The fourth-order valence-electron chi connectivity index (χ4n) is 1.91. The molecule has 4 heteroatoms. The van der Waals surface area contributed by atoms with Gasteiger partial charge in [-0.15, -0.1) is 0 Å². The summed E-state index contributed by atoms with van der Waals surface area (Å²) in [7, 11) is 0. The maximum atomic E-state index is 13.5. The van der Waals surface area contributed by atoms with Crippen molar-refractivity contribution in [2.24, 2.45) is 0 Å². The predicted molar refractivity (Wildman–Crippen MR) is 77.2 cm³/mol. The smallest absolute Gasteiger partial charge is 0.131 e. The predicted octanol–water partition coefficient (Wildman–Crippen LogP) is 4.90. The summed E-state index contributed by atoms with van der Waals surface area (Å²) in [5.74, 6) is -1.05. The zero-order valence-corrected chi connectivity index (χ0v) is 12.1. The molecule has 2 rings (SSSR count). The van der Waals surface area contributed by atoms with Gasteiger partial charge in [0.2, 0.25) is 0 Å². The molecule has 0 heterocycles. The molecule has 1 nitrogen and oxygen atoms in total. The Morgan fingerprint density at radius 1 is 1.11 bits per heavy atom. The van der Waals surface area contributed by atoms with E-state index in [2.05, 4.69) is 21.2 Å². The maximum absolute atomic E-state index is 13.5. The van der Waals surface area contributed by atoms with Crippen LogP contribution in [-0.4, -0.2) is 0 Å². The highest BCUT2D eigenvalue weighted by Crippen LogP contribution is 2.23. The Labute approximate surface area is 119 Å². The number of rotatable bonds is 4. The average molecular weight is 326 g/mol. The Kier molecular flexibility index (Phi) is 4.53. The molecule has 0 aromatic heterocycles. The summed E-state index contributed by atoms with van der Waals surface area (Å²) >= 11 is 3.41. The molecule has 0 spiro atoms. The first-order valence-electron chi connectivity index (χ1n) is 6.07. The SMILES string of the molecule is CCc1cc(Br)ccc1NCc1c(F)cccc1F. The van der Waals surface area contributed by atoms with Crippen molar-refractivity contribution in [2.75, 3.05) is 5.32 Å². The van der Waals surface area contributed by atoms with E-state index in [0.29, 0.717) is 0 Å². The summed E-state index contributed by atoms with van der Waals surface area (Å²) in [4.78, 5) is 0. The Bertz CT molecular complexity index is 564. The molecule has 19 heavy (non-hydrogen) atoms. The van der Waals surface area contributed by atoms with E-state index < -0.39 is 11.6 Å². The van der Waals surface area contributed by atoms with Crippen LogP contribution in [0, 0.1) is 11.6 Å². The van der Waals surface area contributed by atoms with Crippen LogP contribution < -0.4 is 5.32 Å². The Balaban J connectivity index is 2.19. The minimum atomic E-state index is -0.525. The second-order valence-corrected chi connectivity index (χ2v) is 5.12. The third-order valence-electron chi connectivity index (χ3n) is 2.97. The third-order valence-corrected chi connectivity index (χ3v) is 3.46. The van der Waals surface area contributed by atoms with Crippen molar-refractivity contribution in [1.82, 2.24) is 0 Å². The molecule has 0 fully saturated rings. The van der Waals surface area contributed by atoms with Crippen LogP contribution in [0.5, 0.6) is 0 Å². The first-order valence-corrected chi connectivity index (χ1v) is 6.86. The van der Waals surface area contributed by atoms with Crippen LogP contribution in [0.2, 0.25) is 0 Å². The van der Waals surface area contributed by atoms with Crippen molar-refractivity contribution in [1.29, 1.82) is 0 Å². The quantitative estimate of drug-likeness (QED) is 0.842. The van der Waals surface area contributed by atoms with Gasteiger partial charge in [-0.05, 0) is 42.3 Å². The van der Waals surface area contributed by atoms with E-state index in [9.17, 15) is 8.78 Å². The van der Waals surface area contributed by atoms with Crippen LogP contribution in [0.4, 0.5) is 14.5 Å². The molecular formula is C15H14BrF2N. The van der Waals surface area contributed by atoms with Gasteiger partial charge in [0.05, 0.1) is 0 Å². The highest BCUT2D eigenvalue weighted by Gasteiger charge is 2.09. The van der Waals surface area contributed by atoms with Gasteiger partial charge >= 0.3 is 0 Å². The molecule has 0 radical (unpaired) electrons. The van der Waals surface area contributed by atoms with Gasteiger partial charge in [-0.3, -0.25) is 0 Å². The van der Waals surface area contributed by atoms with Crippen LogP contribution in [0.15, 0.2) is 40.9 Å². The lowest BCUT2D eigenvalue weighted by molar-refractivity contribution is 0.560. The minimum Gasteiger partial charge on any atom is -0.381 e. The Morgan fingerprint density at radius 2 is 1.79 bits per heavy atom. The average Bonchev–Trinajstić information content (AvgIpc) is 2.39. The molecule has 0 aliphatic carbocycles. The number of nitrogens with one attached hydrogen (secondary N) is 1. The molecule has 0 amide bonds.